The zero-order chi connectivity index (χ0) is 21.5. The van der Waals surface area contributed by atoms with Gasteiger partial charge in [-0.3, -0.25) is 4.90 Å². The van der Waals surface area contributed by atoms with Crippen molar-refractivity contribution in [1.29, 1.82) is 0 Å². The van der Waals surface area contributed by atoms with Crippen LogP contribution < -0.4 is 5.32 Å². The monoisotopic (exact) mass is 433 g/mol. The number of guanidine groups is 1. The number of nitrogens with one attached hydrogen (secondary N) is 1. The van der Waals surface area contributed by atoms with E-state index >= 15 is 0 Å². The van der Waals surface area contributed by atoms with Gasteiger partial charge >= 0.3 is 0 Å². The Hall–Kier alpha value is -1.97. The SMILES string of the molecule is COCCN1C(C)CN(C(=NCc2nnc(C)n2C)NCCc2cccs2)CC1C. The van der Waals surface area contributed by atoms with E-state index in [1.807, 2.05) is 18.5 Å². The van der Waals surface area contributed by atoms with Crippen LogP contribution in [0.3, 0.4) is 0 Å². The number of hydrogen-bond donors (Lipinski definition) is 1. The van der Waals surface area contributed by atoms with Gasteiger partial charge in [0.15, 0.2) is 11.8 Å². The summed E-state index contributed by atoms with van der Waals surface area (Å²) in [6, 6.07) is 5.16. The first-order chi connectivity index (χ1) is 14.5. The first kappa shape index (κ1) is 22.7. The van der Waals surface area contributed by atoms with Gasteiger partial charge in [-0.1, -0.05) is 6.07 Å². The minimum absolute atomic E-state index is 0.435. The summed E-state index contributed by atoms with van der Waals surface area (Å²) in [4.78, 5) is 11.2. The van der Waals surface area contributed by atoms with Gasteiger partial charge < -0.3 is 19.5 Å². The second kappa shape index (κ2) is 10.9. The van der Waals surface area contributed by atoms with E-state index in [1.54, 1.807) is 18.4 Å². The maximum absolute atomic E-state index is 5.30. The lowest BCUT2D eigenvalue weighted by Crippen LogP contribution is -2.60. The fourth-order valence-electron chi connectivity index (χ4n) is 3.92. The van der Waals surface area contributed by atoms with Gasteiger partial charge in [0.05, 0.1) is 6.61 Å². The lowest BCUT2D eigenvalue weighted by molar-refractivity contribution is 0.0443. The van der Waals surface area contributed by atoms with E-state index in [1.165, 1.54) is 4.88 Å². The Balaban J connectivity index is 1.69. The van der Waals surface area contributed by atoms with Crippen molar-refractivity contribution in [2.24, 2.45) is 12.0 Å². The molecule has 3 rings (SSSR count). The molecule has 166 valence electrons. The second-order valence-electron chi connectivity index (χ2n) is 7.95. The Kier molecular flexibility index (Phi) is 8.24. The lowest BCUT2D eigenvalue weighted by Gasteiger charge is -2.45. The van der Waals surface area contributed by atoms with Crippen LogP contribution >= 0.6 is 11.3 Å². The molecule has 0 aliphatic carbocycles. The van der Waals surface area contributed by atoms with Crippen molar-refractivity contribution in [3.05, 3.63) is 34.0 Å². The van der Waals surface area contributed by atoms with Crippen molar-refractivity contribution in [2.75, 3.05) is 39.9 Å². The summed E-state index contributed by atoms with van der Waals surface area (Å²) in [6.07, 6.45) is 0.999. The highest BCUT2D eigenvalue weighted by molar-refractivity contribution is 7.09. The number of piperazine rings is 1. The lowest BCUT2D eigenvalue weighted by atomic mass is 10.1. The first-order valence-corrected chi connectivity index (χ1v) is 11.5. The van der Waals surface area contributed by atoms with Crippen LogP contribution in [0.15, 0.2) is 22.5 Å². The summed E-state index contributed by atoms with van der Waals surface area (Å²) < 4.78 is 7.30. The number of ether oxygens (including phenoxy) is 1. The van der Waals surface area contributed by atoms with E-state index in [9.17, 15) is 0 Å². The molecule has 3 heterocycles. The predicted molar refractivity (Wildman–Crippen MR) is 122 cm³/mol. The van der Waals surface area contributed by atoms with Gasteiger partial charge in [0, 0.05) is 57.3 Å². The topological polar surface area (TPSA) is 70.8 Å². The van der Waals surface area contributed by atoms with Gasteiger partial charge in [-0.2, -0.15) is 0 Å². The molecule has 2 unspecified atom stereocenters. The zero-order valence-electron chi connectivity index (χ0n) is 18.8. The highest BCUT2D eigenvalue weighted by atomic mass is 32.1. The van der Waals surface area contributed by atoms with Gasteiger partial charge in [0.1, 0.15) is 12.4 Å². The maximum atomic E-state index is 5.30. The van der Waals surface area contributed by atoms with Gasteiger partial charge in [-0.25, -0.2) is 4.99 Å². The third kappa shape index (κ3) is 5.80. The van der Waals surface area contributed by atoms with Crippen LogP contribution in [0.5, 0.6) is 0 Å². The summed E-state index contributed by atoms with van der Waals surface area (Å²) >= 11 is 1.80. The average Bonchev–Trinajstić information content (AvgIpc) is 3.35. The van der Waals surface area contributed by atoms with E-state index in [0.29, 0.717) is 18.6 Å². The van der Waals surface area contributed by atoms with Gasteiger partial charge in [-0.15, -0.1) is 21.5 Å². The fourth-order valence-corrected chi connectivity index (χ4v) is 4.63. The van der Waals surface area contributed by atoms with Crippen LogP contribution in [-0.4, -0.2) is 82.5 Å². The molecule has 2 aromatic rings. The third-order valence-corrected chi connectivity index (χ3v) is 6.68. The summed E-state index contributed by atoms with van der Waals surface area (Å²) in [7, 11) is 3.75. The Morgan fingerprint density at radius 2 is 2.07 bits per heavy atom. The molecule has 0 amide bonds. The van der Waals surface area contributed by atoms with Gasteiger partial charge in [0.2, 0.25) is 0 Å². The van der Waals surface area contributed by atoms with E-state index in [4.69, 9.17) is 9.73 Å². The Bertz CT molecular complexity index is 792. The number of methoxy groups -OCH3 is 1. The molecular weight excluding hydrogens is 398 g/mol. The Labute approximate surface area is 184 Å². The first-order valence-electron chi connectivity index (χ1n) is 10.6. The number of rotatable bonds is 8. The van der Waals surface area contributed by atoms with Crippen LogP contribution in [0.4, 0.5) is 0 Å². The van der Waals surface area contributed by atoms with E-state index < -0.39 is 0 Å². The van der Waals surface area contributed by atoms with Gasteiger partial charge in [-0.05, 0) is 38.6 Å². The minimum Gasteiger partial charge on any atom is -0.383 e. The minimum atomic E-state index is 0.435. The van der Waals surface area contributed by atoms with Crippen molar-refractivity contribution >= 4 is 17.3 Å². The van der Waals surface area contributed by atoms with E-state index in [0.717, 1.165) is 56.8 Å². The standard InChI is InChI=1S/C21H35N7OS/c1-16-14-27(15-17(2)28(16)10-11-29-5)21(22-9-8-19-7-6-12-30-19)23-13-20-25-24-18(3)26(20)4/h6-7,12,16-17H,8-11,13-15H2,1-5H3,(H,22,23). The molecular formula is C21H35N7OS. The van der Waals surface area contributed by atoms with Crippen LogP contribution in [0, 0.1) is 6.92 Å². The van der Waals surface area contributed by atoms with Gasteiger partial charge in [0.25, 0.3) is 0 Å². The summed E-state index contributed by atoms with van der Waals surface area (Å²) in [5.41, 5.74) is 0. The molecule has 1 aliphatic heterocycles. The molecule has 0 bridgehead atoms. The van der Waals surface area contributed by atoms with Crippen LogP contribution in [0.2, 0.25) is 0 Å². The summed E-state index contributed by atoms with van der Waals surface area (Å²) in [6.45, 7) is 11.5. The highest BCUT2D eigenvalue weighted by Gasteiger charge is 2.30. The largest absolute Gasteiger partial charge is 0.383 e. The van der Waals surface area contributed by atoms with Crippen LogP contribution in [0.25, 0.3) is 0 Å². The van der Waals surface area contributed by atoms with E-state index in [-0.39, 0.29) is 0 Å². The zero-order valence-corrected chi connectivity index (χ0v) is 19.7. The number of nitrogens with zero attached hydrogens (tertiary/aromatic N) is 6. The van der Waals surface area contributed by atoms with Crippen molar-refractivity contribution in [3.8, 4) is 0 Å². The molecule has 1 saturated heterocycles. The van der Waals surface area contributed by atoms with E-state index in [2.05, 4.69) is 56.7 Å². The molecule has 0 spiro atoms. The molecule has 8 nitrogen and oxygen atoms in total. The summed E-state index contributed by atoms with van der Waals surface area (Å²) in [5.74, 6) is 2.74. The molecule has 30 heavy (non-hydrogen) atoms. The molecule has 0 saturated carbocycles. The highest BCUT2D eigenvalue weighted by Crippen LogP contribution is 2.16. The van der Waals surface area contributed by atoms with Crippen LogP contribution in [0.1, 0.15) is 30.4 Å². The number of hydrogen-bond acceptors (Lipinski definition) is 6. The number of aliphatic imine (C=N–C) groups is 1. The fraction of sp³-hybridized carbons (Fsp3) is 0.667. The summed E-state index contributed by atoms with van der Waals surface area (Å²) in [5, 5.41) is 14.2. The molecule has 2 aromatic heterocycles. The second-order valence-corrected chi connectivity index (χ2v) is 8.98. The third-order valence-electron chi connectivity index (χ3n) is 5.74. The Morgan fingerprint density at radius 3 is 2.67 bits per heavy atom. The molecule has 9 heteroatoms. The normalized spacial score (nSPS) is 20.7. The molecule has 1 fully saturated rings. The van der Waals surface area contributed by atoms with Crippen molar-refractivity contribution in [2.45, 2.75) is 45.8 Å². The Morgan fingerprint density at radius 1 is 1.30 bits per heavy atom. The molecule has 1 aliphatic rings. The molecule has 0 aromatic carbocycles. The van der Waals surface area contributed by atoms with Crippen LogP contribution in [-0.2, 0) is 24.8 Å². The average molecular weight is 434 g/mol. The quantitative estimate of drug-likeness (QED) is 0.507. The number of aromatic nitrogens is 3. The molecule has 2 atom stereocenters. The van der Waals surface area contributed by atoms with Crippen molar-refractivity contribution < 1.29 is 4.74 Å². The maximum Gasteiger partial charge on any atom is 0.194 e. The molecule has 0 radical (unpaired) electrons. The predicted octanol–water partition coefficient (Wildman–Crippen LogP) is 1.91. The number of aryl methyl sites for hydroxylation is 1. The smallest absolute Gasteiger partial charge is 0.194 e. The van der Waals surface area contributed by atoms with Crippen molar-refractivity contribution in [3.63, 3.8) is 0 Å². The number of thiophene rings is 1. The molecule has 1 N–H and O–H groups in total. The van der Waals surface area contributed by atoms with Crippen molar-refractivity contribution in [1.82, 2.24) is 29.9 Å².